The number of aromatic nitrogens is 2. The van der Waals surface area contributed by atoms with E-state index in [0.717, 1.165) is 18.2 Å². The van der Waals surface area contributed by atoms with Crippen molar-refractivity contribution in [2.24, 2.45) is 11.3 Å². The highest BCUT2D eigenvalue weighted by atomic mass is 16.1. The smallest absolute Gasteiger partial charge is 0.256 e. The molecule has 5 heteroatoms. The number of carbonyl (C=O) groups is 1. The van der Waals surface area contributed by atoms with Crippen molar-refractivity contribution < 1.29 is 4.79 Å². The van der Waals surface area contributed by atoms with E-state index in [9.17, 15) is 4.79 Å². The van der Waals surface area contributed by atoms with Gasteiger partial charge in [-0.05, 0) is 43.9 Å². The lowest BCUT2D eigenvalue weighted by Crippen LogP contribution is -2.31. The highest BCUT2D eigenvalue weighted by molar-refractivity contribution is 5.99. The number of anilines is 1. The summed E-state index contributed by atoms with van der Waals surface area (Å²) in [7, 11) is 0. The van der Waals surface area contributed by atoms with Gasteiger partial charge in [-0.25, -0.2) is 0 Å². The second-order valence-corrected chi connectivity index (χ2v) is 5.43. The Bertz CT molecular complexity index is 438. The molecule has 0 aromatic carbocycles. The normalized spacial score (nSPS) is 21.2. The monoisotopic (exact) mass is 234 g/mol. The van der Waals surface area contributed by atoms with Gasteiger partial charge in [-0.2, -0.15) is 5.10 Å². The first-order chi connectivity index (χ1) is 8.12. The van der Waals surface area contributed by atoms with Gasteiger partial charge < -0.3 is 11.1 Å². The fourth-order valence-corrected chi connectivity index (χ4v) is 2.66. The molecule has 0 spiro atoms. The minimum Gasteiger partial charge on any atom is -0.382 e. The van der Waals surface area contributed by atoms with Crippen LogP contribution < -0.4 is 11.1 Å². The third-order valence-electron chi connectivity index (χ3n) is 4.14. The summed E-state index contributed by atoms with van der Waals surface area (Å²) in [6.45, 7) is 2.60. The lowest BCUT2D eigenvalue weighted by Gasteiger charge is -2.14. The largest absolute Gasteiger partial charge is 0.382 e. The summed E-state index contributed by atoms with van der Waals surface area (Å²) in [5, 5.41) is 9.58. The second-order valence-electron chi connectivity index (χ2n) is 5.43. The van der Waals surface area contributed by atoms with E-state index in [4.69, 9.17) is 5.73 Å². The molecular formula is C12H18N4O. The second kappa shape index (κ2) is 3.48. The molecular weight excluding hydrogens is 216 g/mol. The van der Waals surface area contributed by atoms with E-state index in [2.05, 4.69) is 15.5 Å². The summed E-state index contributed by atoms with van der Waals surface area (Å²) in [5.41, 5.74) is 7.31. The van der Waals surface area contributed by atoms with Crippen molar-refractivity contribution >= 4 is 11.7 Å². The van der Waals surface area contributed by atoms with Crippen molar-refractivity contribution in [2.75, 3.05) is 12.3 Å². The number of carbonyl (C=O) groups excluding carboxylic acids is 1. The Hall–Kier alpha value is -1.52. The molecule has 2 saturated carbocycles. The van der Waals surface area contributed by atoms with Crippen molar-refractivity contribution in [2.45, 2.75) is 32.6 Å². The van der Waals surface area contributed by atoms with Gasteiger partial charge in [0.2, 0.25) is 0 Å². The summed E-state index contributed by atoms with van der Waals surface area (Å²) in [6.07, 6.45) is 5.20. The molecule has 0 radical (unpaired) electrons. The fourth-order valence-electron chi connectivity index (χ4n) is 2.66. The number of hydrogen-bond acceptors (Lipinski definition) is 3. The molecule has 92 valence electrons. The maximum Gasteiger partial charge on any atom is 0.256 e. The Kier molecular flexibility index (Phi) is 2.18. The molecule has 2 fully saturated rings. The average Bonchev–Trinajstić information content (AvgIpc) is 3.15. The number of hydrogen-bond donors (Lipinski definition) is 3. The quantitative estimate of drug-likeness (QED) is 0.732. The lowest BCUT2D eigenvalue weighted by atomic mass is 10.0. The van der Waals surface area contributed by atoms with Crippen LogP contribution in [0.5, 0.6) is 0 Å². The van der Waals surface area contributed by atoms with Crippen molar-refractivity contribution in [3.8, 4) is 0 Å². The molecule has 0 aliphatic heterocycles. The first kappa shape index (κ1) is 10.6. The third-order valence-corrected chi connectivity index (χ3v) is 4.14. The van der Waals surface area contributed by atoms with Crippen LogP contribution >= 0.6 is 0 Å². The van der Waals surface area contributed by atoms with Gasteiger partial charge >= 0.3 is 0 Å². The zero-order valence-electron chi connectivity index (χ0n) is 10.0. The van der Waals surface area contributed by atoms with Crippen LogP contribution in [0.25, 0.3) is 0 Å². The van der Waals surface area contributed by atoms with E-state index in [-0.39, 0.29) is 11.7 Å². The molecule has 1 aromatic rings. The minimum atomic E-state index is -0.0966. The number of nitrogen functional groups attached to an aromatic ring is 1. The number of aryl methyl sites for hydroxylation is 1. The van der Waals surface area contributed by atoms with E-state index >= 15 is 0 Å². The molecule has 0 unspecified atom stereocenters. The van der Waals surface area contributed by atoms with Crippen molar-refractivity contribution in [3.63, 3.8) is 0 Å². The number of rotatable bonds is 4. The van der Waals surface area contributed by atoms with Gasteiger partial charge in [0, 0.05) is 12.2 Å². The topological polar surface area (TPSA) is 83.8 Å². The molecule has 4 N–H and O–H groups in total. The van der Waals surface area contributed by atoms with Gasteiger partial charge in [-0.3, -0.25) is 9.89 Å². The molecule has 5 nitrogen and oxygen atoms in total. The van der Waals surface area contributed by atoms with Crippen LogP contribution in [0.3, 0.4) is 0 Å². The summed E-state index contributed by atoms with van der Waals surface area (Å²) in [6, 6.07) is 0. The van der Waals surface area contributed by atoms with Crippen LogP contribution in [0, 0.1) is 18.3 Å². The molecule has 2 aliphatic rings. The van der Waals surface area contributed by atoms with E-state index in [1.807, 2.05) is 6.92 Å². The number of aromatic amines is 1. The highest BCUT2D eigenvalue weighted by Crippen LogP contribution is 2.60. The Morgan fingerprint density at radius 2 is 2.29 bits per heavy atom. The van der Waals surface area contributed by atoms with Crippen LogP contribution in [0.4, 0.5) is 5.82 Å². The lowest BCUT2D eigenvalue weighted by molar-refractivity contribution is 0.0943. The van der Waals surface area contributed by atoms with Crippen molar-refractivity contribution in [1.82, 2.24) is 15.5 Å². The SMILES string of the molecule is Cc1[nH]nc(N)c1C(=O)NCC1(C2CC2)CC1. The van der Waals surface area contributed by atoms with E-state index in [1.165, 1.54) is 25.7 Å². The minimum absolute atomic E-state index is 0.0966. The molecule has 1 amide bonds. The van der Waals surface area contributed by atoms with Crippen LogP contribution in [0.2, 0.25) is 0 Å². The molecule has 0 saturated heterocycles. The summed E-state index contributed by atoms with van der Waals surface area (Å²) in [4.78, 5) is 12.0. The molecule has 3 rings (SSSR count). The molecule has 1 heterocycles. The number of amides is 1. The molecule has 0 bridgehead atoms. The maximum absolute atomic E-state index is 12.0. The standard InChI is InChI=1S/C12H18N4O/c1-7-9(10(13)16-15-7)11(17)14-6-12(4-5-12)8-2-3-8/h8H,2-6H2,1H3,(H,14,17)(H3,13,15,16). The van der Waals surface area contributed by atoms with E-state index in [1.54, 1.807) is 0 Å². The van der Waals surface area contributed by atoms with Gasteiger partial charge in [-0.15, -0.1) is 0 Å². The molecule has 2 aliphatic carbocycles. The zero-order valence-corrected chi connectivity index (χ0v) is 10.0. The predicted octanol–water partition coefficient (Wildman–Crippen LogP) is 1.22. The molecule has 1 aromatic heterocycles. The zero-order chi connectivity index (χ0) is 12.0. The first-order valence-corrected chi connectivity index (χ1v) is 6.21. The number of nitrogens with one attached hydrogen (secondary N) is 2. The highest BCUT2D eigenvalue weighted by Gasteiger charge is 2.53. The van der Waals surface area contributed by atoms with Gasteiger partial charge in [0.25, 0.3) is 5.91 Å². The van der Waals surface area contributed by atoms with E-state index < -0.39 is 0 Å². The summed E-state index contributed by atoms with van der Waals surface area (Å²) in [5.74, 6) is 1.04. The maximum atomic E-state index is 12.0. The Labute approximate surface area is 100 Å². The summed E-state index contributed by atoms with van der Waals surface area (Å²) < 4.78 is 0. The molecule has 17 heavy (non-hydrogen) atoms. The van der Waals surface area contributed by atoms with Gasteiger partial charge in [0.15, 0.2) is 5.82 Å². The first-order valence-electron chi connectivity index (χ1n) is 6.21. The Morgan fingerprint density at radius 3 is 2.76 bits per heavy atom. The fraction of sp³-hybridized carbons (Fsp3) is 0.667. The Morgan fingerprint density at radius 1 is 1.59 bits per heavy atom. The average molecular weight is 234 g/mol. The molecule has 0 atom stereocenters. The van der Waals surface area contributed by atoms with Gasteiger partial charge in [0.1, 0.15) is 5.56 Å². The van der Waals surface area contributed by atoms with Crippen molar-refractivity contribution in [1.29, 1.82) is 0 Å². The van der Waals surface area contributed by atoms with Crippen LogP contribution in [-0.2, 0) is 0 Å². The number of nitrogens with two attached hydrogens (primary N) is 1. The predicted molar refractivity (Wildman–Crippen MR) is 64.5 cm³/mol. The van der Waals surface area contributed by atoms with Gasteiger partial charge in [0.05, 0.1) is 0 Å². The summed E-state index contributed by atoms with van der Waals surface area (Å²) >= 11 is 0. The Balaban J connectivity index is 1.64. The van der Waals surface area contributed by atoms with E-state index in [0.29, 0.717) is 11.0 Å². The van der Waals surface area contributed by atoms with Crippen LogP contribution in [0.15, 0.2) is 0 Å². The number of H-pyrrole nitrogens is 1. The number of nitrogens with zero attached hydrogens (tertiary/aromatic N) is 1. The van der Waals surface area contributed by atoms with Gasteiger partial charge in [-0.1, -0.05) is 0 Å². The third kappa shape index (κ3) is 1.79. The van der Waals surface area contributed by atoms with Crippen LogP contribution in [-0.4, -0.2) is 22.6 Å². The van der Waals surface area contributed by atoms with Crippen molar-refractivity contribution in [3.05, 3.63) is 11.3 Å². The van der Waals surface area contributed by atoms with Crippen LogP contribution in [0.1, 0.15) is 41.7 Å².